The molecule has 2 N–H and O–H groups in total. The van der Waals surface area contributed by atoms with Gasteiger partial charge in [0.25, 0.3) is 0 Å². The van der Waals surface area contributed by atoms with Crippen LogP contribution in [-0.2, 0) is 5.54 Å². The van der Waals surface area contributed by atoms with Gasteiger partial charge >= 0.3 is 0 Å². The molecule has 0 bridgehead atoms. The first kappa shape index (κ1) is 12.7. The first-order chi connectivity index (χ1) is 9.10. The molecule has 2 aromatic carbocycles. The Morgan fingerprint density at radius 2 is 1.74 bits per heavy atom. The zero-order valence-electron chi connectivity index (χ0n) is 11.1. The van der Waals surface area contributed by atoms with Gasteiger partial charge in [0.05, 0.1) is 0 Å². The maximum absolute atomic E-state index is 6.56. The van der Waals surface area contributed by atoms with Gasteiger partial charge in [0.15, 0.2) is 0 Å². The predicted octanol–water partition coefficient (Wildman–Crippen LogP) is 4.38. The largest absolute Gasteiger partial charge is 0.321 e. The van der Waals surface area contributed by atoms with Gasteiger partial charge in [-0.25, -0.2) is 0 Å². The third-order valence-corrected chi connectivity index (χ3v) is 4.71. The summed E-state index contributed by atoms with van der Waals surface area (Å²) in [5, 5.41) is 0.811. The molecule has 0 aromatic heterocycles. The highest BCUT2D eigenvalue weighted by molar-refractivity contribution is 6.31. The van der Waals surface area contributed by atoms with Gasteiger partial charge < -0.3 is 5.73 Å². The first-order valence-electron chi connectivity index (χ1n) is 6.69. The van der Waals surface area contributed by atoms with E-state index in [1.165, 1.54) is 11.1 Å². The molecular formula is C17H18ClN. The molecule has 0 radical (unpaired) electrons. The van der Waals surface area contributed by atoms with E-state index in [1.807, 2.05) is 12.1 Å². The van der Waals surface area contributed by atoms with Crippen LogP contribution in [0.3, 0.4) is 0 Å². The van der Waals surface area contributed by atoms with Gasteiger partial charge in [0.1, 0.15) is 0 Å². The fourth-order valence-corrected chi connectivity index (χ4v) is 3.32. The highest BCUT2D eigenvalue weighted by Gasteiger charge is 2.43. The Bertz CT molecular complexity index is 585. The number of halogens is 1. The fraction of sp³-hybridized carbons (Fsp3) is 0.294. The van der Waals surface area contributed by atoms with Crippen molar-refractivity contribution in [3.8, 4) is 0 Å². The average molecular weight is 272 g/mol. The van der Waals surface area contributed by atoms with E-state index in [0.717, 1.165) is 23.4 Å². The summed E-state index contributed by atoms with van der Waals surface area (Å²) in [6.07, 6.45) is 2.00. The molecule has 1 saturated carbocycles. The summed E-state index contributed by atoms with van der Waals surface area (Å²) >= 11 is 6.20. The quantitative estimate of drug-likeness (QED) is 0.862. The standard InChI is InChI=1S/C17H18ClN/c1-12-15(8-5-9-16(12)18)17(19)10-14(11-17)13-6-3-2-4-7-13/h2-9,14H,10-11,19H2,1H3. The molecule has 1 fully saturated rings. The van der Waals surface area contributed by atoms with Crippen LogP contribution < -0.4 is 5.73 Å². The van der Waals surface area contributed by atoms with E-state index in [2.05, 4.69) is 43.3 Å². The van der Waals surface area contributed by atoms with E-state index in [0.29, 0.717) is 5.92 Å². The number of hydrogen-bond acceptors (Lipinski definition) is 1. The lowest BCUT2D eigenvalue weighted by Gasteiger charge is -2.46. The van der Waals surface area contributed by atoms with Gasteiger partial charge in [-0.15, -0.1) is 0 Å². The minimum Gasteiger partial charge on any atom is -0.321 e. The molecule has 0 unspecified atom stereocenters. The second-order valence-electron chi connectivity index (χ2n) is 5.58. The third-order valence-electron chi connectivity index (χ3n) is 4.30. The second kappa shape index (κ2) is 4.66. The monoisotopic (exact) mass is 271 g/mol. The maximum atomic E-state index is 6.56. The molecule has 1 aliphatic carbocycles. The molecule has 0 amide bonds. The summed E-state index contributed by atoms with van der Waals surface area (Å²) in [6.45, 7) is 2.06. The molecule has 1 nitrogen and oxygen atoms in total. The van der Waals surface area contributed by atoms with Crippen LogP contribution in [0.15, 0.2) is 48.5 Å². The zero-order valence-corrected chi connectivity index (χ0v) is 11.8. The number of benzene rings is 2. The summed E-state index contributed by atoms with van der Waals surface area (Å²) < 4.78 is 0. The van der Waals surface area contributed by atoms with Crippen LogP contribution in [0.5, 0.6) is 0 Å². The van der Waals surface area contributed by atoms with Gasteiger partial charge in [-0.05, 0) is 48.4 Å². The SMILES string of the molecule is Cc1c(Cl)cccc1C1(N)CC(c2ccccc2)C1. The van der Waals surface area contributed by atoms with Crippen LogP contribution in [-0.4, -0.2) is 0 Å². The van der Waals surface area contributed by atoms with Gasteiger partial charge in [-0.1, -0.05) is 54.1 Å². The summed E-state index contributed by atoms with van der Waals surface area (Å²) in [4.78, 5) is 0. The third kappa shape index (κ3) is 2.18. The van der Waals surface area contributed by atoms with E-state index in [-0.39, 0.29) is 5.54 Å². The summed E-state index contributed by atoms with van der Waals surface area (Å²) in [5.41, 5.74) is 10.1. The van der Waals surface area contributed by atoms with E-state index in [9.17, 15) is 0 Å². The second-order valence-corrected chi connectivity index (χ2v) is 5.99. The van der Waals surface area contributed by atoms with Crippen LogP contribution >= 0.6 is 11.6 Å². The Labute approximate surface area is 119 Å². The van der Waals surface area contributed by atoms with E-state index < -0.39 is 0 Å². The fourth-order valence-electron chi connectivity index (χ4n) is 3.15. The van der Waals surface area contributed by atoms with Crippen molar-refractivity contribution in [3.05, 3.63) is 70.2 Å². The van der Waals surface area contributed by atoms with Crippen molar-refractivity contribution < 1.29 is 0 Å². The molecule has 3 rings (SSSR count). The zero-order chi connectivity index (χ0) is 13.5. The van der Waals surface area contributed by atoms with Gasteiger partial charge in [0.2, 0.25) is 0 Å². The van der Waals surface area contributed by atoms with Crippen LogP contribution in [0.1, 0.15) is 35.4 Å². The molecular weight excluding hydrogens is 254 g/mol. The normalized spacial score (nSPS) is 25.9. The highest BCUT2D eigenvalue weighted by atomic mass is 35.5. The number of rotatable bonds is 2. The Hall–Kier alpha value is -1.31. The summed E-state index contributed by atoms with van der Waals surface area (Å²) in [5.74, 6) is 0.574. The maximum Gasteiger partial charge on any atom is 0.0438 e. The average Bonchev–Trinajstić information content (AvgIpc) is 2.39. The molecule has 2 heteroatoms. The van der Waals surface area contributed by atoms with Gasteiger partial charge in [0, 0.05) is 10.6 Å². The Morgan fingerprint density at radius 1 is 1.05 bits per heavy atom. The van der Waals surface area contributed by atoms with Crippen molar-refractivity contribution >= 4 is 11.6 Å². The highest BCUT2D eigenvalue weighted by Crippen LogP contribution is 2.50. The van der Waals surface area contributed by atoms with Crippen molar-refractivity contribution in [1.29, 1.82) is 0 Å². The lowest BCUT2D eigenvalue weighted by molar-refractivity contribution is 0.208. The molecule has 1 aliphatic rings. The Morgan fingerprint density at radius 3 is 2.42 bits per heavy atom. The Balaban J connectivity index is 1.83. The molecule has 0 saturated heterocycles. The Kier molecular flexibility index (Phi) is 3.12. The van der Waals surface area contributed by atoms with Gasteiger partial charge in [-0.3, -0.25) is 0 Å². The minimum atomic E-state index is -0.213. The first-order valence-corrected chi connectivity index (χ1v) is 7.07. The van der Waals surface area contributed by atoms with Crippen LogP contribution in [0.2, 0.25) is 5.02 Å². The van der Waals surface area contributed by atoms with Crippen molar-refractivity contribution in [2.75, 3.05) is 0 Å². The van der Waals surface area contributed by atoms with Gasteiger partial charge in [-0.2, -0.15) is 0 Å². The minimum absolute atomic E-state index is 0.213. The summed E-state index contributed by atoms with van der Waals surface area (Å²) in [7, 11) is 0. The molecule has 0 spiro atoms. The number of nitrogens with two attached hydrogens (primary N) is 1. The summed E-state index contributed by atoms with van der Waals surface area (Å²) in [6, 6.07) is 16.7. The molecule has 0 atom stereocenters. The lowest BCUT2D eigenvalue weighted by atomic mass is 9.62. The van der Waals surface area contributed by atoms with Crippen molar-refractivity contribution in [2.24, 2.45) is 5.73 Å². The molecule has 2 aromatic rings. The molecule has 0 heterocycles. The van der Waals surface area contributed by atoms with E-state index in [1.54, 1.807) is 0 Å². The van der Waals surface area contributed by atoms with Crippen molar-refractivity contribution in [3.63, 3.8) is 0 Å². The van der Waals surface area contributed by atoms with Crippen LogP contribution in [0, 0.1) is 6.92 Å². The van der Waals surface area contributed by atoms with Crippen LogP contribution in [0.4, 0.5) is 0 Å². The predicted molar refractivity (Wildman–Crippen MR) is 80.5 cm³/mol. The molecule has 98 valence electrons. The smallest absolute Gasteiger partial charge is 0.0438 e. The molecule has 0 aliphatic heterocycles. The van der Waals surface area contributed by atoms with Crippen molar-refractivity contribution in [1.82, 2.24) is 0 Å². The topological polar surface area (TPSA) is 26.0 Å². The molecule has 19 heavy (non-hydrogen) atoms. The lowest BCUT2D eigenvalue weighted by Crippen LogP contribution is -2.48. The number of hydrogen-bond donors (Lipinski definition) is 1. The van der Waals surface area contributed by atoms with Crippen molar-refractivity contribution in [2.45, 2.75) is 31.2 Å². The van der Waals surface area contributed by atoms with E-state index >= 15 is 0 Å². The van der Waals surface area contributed by atoms with E-state index in [4.69, 9.17) is 17.3 Å². The van der Waals surface area contributed by atoms with Crippen LogP contribution in [0.25, 0.3) is 0 Å².